The molecule has 2 rings (SSSR count). The number of carbonyl (C=O) groups is 1. The first kappa shape index (κ1) is 22.5. The molecular formula is C16H12F6N2O4S. The van der Waals surface area contributed by atoms with Gasteiger partial charge in [-0.2, -0.15) is 26.3 Å². The van der Waals surface area contributed by atoms with Crippen molar-refractivity contribution >= 4 is 21.6 Å². The highest BCUT2D eigenvalue weighted by Crippen LogP contribution is 2.37. The highest BCUT2D eigenvalue weighted by Gasteiger charge is 2.38. The molecule has 2 aromatic rings. The maximum atomic E-state index is 12.9. The van der Waals surface area contributed by atoms with Crippen LogP contribution in [0.1, 0.15) is 21.5 Å². The van der Waals surface area contributed by atoms with Crippen molar-refractivity contribution in [3.63, 3.8) is 0 Å². The van der Waals surface area contributed by atoms with Gasteiger partial charge >= 0.3 is 18.3 Å². The first-order chi connectivity index (χ1) is 13.2. The lowest BCUT2D eigenvalue weighted by Crippen LogP contribution is -2.19. The number of esters is 1. The summed E-state index contributed by atoms with van der Waals surface area (Å²) in [6.45, 7) is -0.826. The Hall–Kier alpha value is -2.83. The van der Waals surface area contributed by atoms with Crippen molar-refractivity contribution in [1.82, 2.24) is 4.98 Å². The summed E-state index contributed by atoms with van der Waals surface area (Å²) in [4.78, 5) is 14.2. The number of nitrogens with zero attached hydrogens (tertiary/aromatic N) is 1. The lowest BCUT2D eigenvalue weighted by Gasteiger charge is -2.14. The molecule has 158 valence electrons. The van der Waals surface area contributed by atoms with Crippen molar-refractivity contribution < 1.29 is 44.3 Å². The van der Waals surface area contributed by atoms with Gasteiger partial charge in [0, 0.05) is 6.20 Å². The van der Waals surface area contributed by atoms with E-state index in [-0.39, 0.29) is 29.6 Å². The number of rotatable bonds is 5. The lowest BCUT2D eigenvalue weighted by atomic mass is 10.1. The van der Waals surface area contributed by atoms with Gasteiger partial charge in [-0.3, -0.25) is 0 Å². The summed E-state index contributed by atoms with van der Waals surface area (Å²) in [5.74, 6) is -2.30. The van der Waals surface area contributed by atoms with Crippen LogP contribution in [0.25, 0.3) is 0 Å². The Labute approximate surface area is 160 Å². The topological polar surface area (TPSA) is 99.3 Å². The Morgan fingerprint density at radius 2 is 1.59 bits per heavy atom. The van der Waals surface area contributed by atoms with E-state index in [1.165, 1.54) is 18.3 Å². The van der Waals surface area contributed by atoms with Crippen LogP contribution in [0.4, 0.5) is 32.2 Å². The number of anilines is 1. The van der Waals surface area contributed by atoms with Crippen molar-refractivity contribution in [2.24, 2.45) is 0 Å². The van der Waals surface area contributed by atoms with Crippen LogP contribution in [-0.2, 0) is 26.9 Å². The summed E-state index contributed by atoms with van der Waals surface area (Å²) in [7, 11) is -4.64. The number of halogens is 6. The molecule has 1 aromatic carbocycles. The largest absolute Gasteiger partial charge is 0.461 e. The molecule has 13 heteroatoms. The number of nitrogen functional groups attached to an aromatic ring is 1. The van der Waals surface area contributed by atoms with Crippen LogP contribution in [0.2, 0.25) is 0 Å². The molecule has 0 bridgehead atoms. The normalized spacial score (nSPS) is 12.6. The molecule has 0 fully saturated rings. The quantitative estimate of drug-likeness (QED) is 0.563. The van der Waals surface area contributed by atoms with E-state index in [4.69, 9.17) is 5.73 Å². The highest BCUT2D eigenvalue weighted by atomic mass is 32.2. The molecule has 29 heavy (non-hydrogen) atoms. The van der Waals surface area contributed by atoms with E-state index in [9.17, 15) is 39.6 Å². The molecule has 0 aliphatic heterocycles. The Morgan fingerprint density at radius 3 is 2.07 bits per heavy atom. The van der Waals surface area contributed by atoms with Crippen molar-refractivity contribution in [1.29, 1.82) is 0 Å². The molecule has 0 atom stereocenters. The first-order valence-electron chi connectivity index (χ1n) is 7.61. The van der Waals surface area contributed by atoms with Crippen molar-refractivity contribution in [3.05, 3.63) is 53.2 Å². The van der Waals surface area contributed by atoms with Crippen LogP contribution >= 0.6 is 0 Å². The summed E-state index contributed by atoms with van der Waals surface area (Å²) in [6, 6.07) is 2.58. The Balaban J connectivity index is 2.24. The van der Waals surface area contributed by atoms with Crippen molar-refractivity contribution in [3.8, 4) is 0 Å². The fraction of sp³-hybridized carbons (Fsp3) is 0.250. The van der Waals surface area contributed by atoms with Crippen LogP contribution in [0.5, 0.6) is 0 Å². The standard InChI is InChI=1S/C16H12F6N2O4S/c17-15(18,19)9-6-10(16(20,21)22)8-11(7-9)29(26,27)5-4-28-14(25)12-2-1-3-24-13(12)23/h1-3,6-8H,4-5H2,(H2,23,24). The second-order valence-corrected chi connectivity index (χ2v) is 7.74. The molecule has 0 saturated carbocycles. The van der Waals surface area contributed by atoms with E-state index in [0.29, 0.717) is 0 Å². The van der Waals surface area contributed by atoms with Gasteiger partial charge in [-0.05, 0) is 30.3 Å². The Bertz CT molecular complexity index is 987. The number of pyridine rings is 1. The number of alkyl halides is 6. The predicted molar refractivity (Wildman–Crippen MR) is 87.4 cm³/mol. The number of sulfone groups is 1. The minimum Gasteiger partial charge on any atom is -0.461 e. The van der Waals surface area contributed by atoms with Gasteiger partial charge in [-0.25, -0.2) is 18.2 Å². The molecule has 1 heterocycles. The third kappa shape index (κ3) is 5.59. The van der Waals surface area contributed by atoms with Gasteiger partial charge in [-0.1, -0.05) is 0 Å². The number of nitrogens with two attached hydrogens (primary N) is 1. The van der Waals surface area contributed by atoms with Gasteiger partial charge in [0.2, 0.25) is 0 Å². The van der Waals surface area contributed by atoms with E-state index in [0.717, 1.165) is 0 Å². The molecule has 0 spiro atoms. The molecule has 0 unspecified atom stereocenters. The second kappa shape index (κ2) is 7.89. The average molecular weight is 442 g/mol. The molecular weight excluding hydrogens is 430 g/mol. The number of carbonyl (C=O) groups excluding carboxylic acids is 1. The summed E-state index contributed by atoms with van der Waals surface area (Å²) in [6.07, 6.45) is -9.12. The number of hydrogen-bond acceptors (Lipinski definition) is 6. The van der Waals surface area contributed by atoms with Gasteiger partial charge < -0.3 is 10.5 Å². The second-order valence-electron chi connectivity index (χ2n) is 5.63. The van der Waals surface area contributed by atoms with Crippen LogP contribution < -0.4 is 5.73 Å². The molecule has 0 aliphatic rings. The first-order valence-corrected chi connectivity index (χ1v) is 9.27. The van der Waals surface area contributed by atoms with E-state index in [2.05, 4.69) is 9.72 Å². The zero-order valence-corrected chi connectivity index (χ0v) is 15.0. The molecule has 0 radical (unpaired) electrons. The van der Waals surface area contributed by atoms with Crippen LogP contribution in [-0.4, -0.2) is 31.7 Å². The molecule has 0 aliphatic carbocycles. The number of ether oxygens (including phenoxy) is 1. The van der Waals surface area contributed by atoms with E-state index >= 15 is 0 Å². The summed E-state index contributed by atoms with van der Waals surface area (Å²) < 4.78 is 106. The summed E-state index contributed by atoms with van der Waals surface area (Å²) in [5, 5.41) is 0. The van der Waals surface area contributed by atoms with Gasteiger partial charge in [0.25, 0.3) is 0 Å². The minimum atomic E-state index is -5.20. The molecule has 0 saturated heterocycles. The number of benzene rings is 1. The third-order valence-corrected chi connectivity index (χ3v) is 5.22. The van der Waals surface area contributed by atoms with Crippen molar-refractivity contribution in [2.45, 2.75) is 17.2 Å². The molecule has 6 nitrogen and oxygen atoms in total. The third-order valence-electron chi connectivity index (χ3n) is 3.56. The van der Waals surface area contributed by atoms with Crippen LogP contribution in [0.3, 0.4) is 0 Å². The lowest BCUT2D eigenvalue weighted by molar-refractivity contribution is -0.143. The summed E-state index contributed by atoms with van der Waals surface area (Å²) >= 11 is 0. The van der Waals surface area contributed by atoms with E-state index in [1.807, 2.05) is 0 Å². The molecule has 1 aromatic heterocycles. The zero-order valence-electron chi connectivity index (χ0n) is 14.2. The van der Waals surface area contributed by atoms with Gasteiger partial charge in [0.1, 0.15) is 18.0 Å². The van der Waals surface area contributed by atoms with Gasteiger partial charge in [-0.15, -0.1) is 0 Å². The fourth-order valence-electron chi connectivity index (χ4n) is 2.14. The molecule has 2 N–H and O–H groups in total. The van der Waals surface area contributed by atoms with Crippen LogP contribution in [0, 0.1) is 0 Å². The maximum Gasteiger partial charge on any atom is 0.416 e. The minimum absolute atomic E-state index is 0.0888. The van der Waals surface area contributed by atoms with Gasteiger partial charge in [0.05, 0.1) is 21.8 Å². The smallest absolute Gasteiger partial charge is 0.416 e. The molecule has 0 amide bonds. The van der Waals surface area contributed by atoms with E-state index < -0.39 is 56.5 Å². The van der Waals surface area contributed by atoms with Crippen LogP contribution in [0.15, 0.2) is 41.4 Å². The monoisotopic (exact) mass is 442 g/mol. The number of hydrogen-bond donors (Lipinski definition) is 1. The Kier molecular flexibility index (Phi) is 6.11. The summed E-state index contributed by atoms with van der Waals surface area (Å²) in [5.41, 5.74) is 1.72. The Morgan fingerprint density at radius 1 is 1.03 bits per heavy atom. The average Bonchev–Trinajstić information content (AvgIpc) is 2.60. The van der Waals surface area contributed by atoms with Crippen molar-refractivity contribution in [2.75, 3.05) is 18.1 Å². The van der Waals surface area contributed by atoms with Gasteiger partial charge in [0.15, 0.2) is 9.84 Å². The maximum absolute atomic E-state index is 12.9. The zero-order chi connectivity index (χ0) is 22.0. The SMILES string of the molecule is Nc1ncccc1C(=O)OCCS(=O)(=O)c1cc(C(F)(F)F)cc(C(F)(F)F)c1. The fourth-order valence-corrected chi connectivity index (χ4v) is 3.29. The predicted octanol–water partition coefficient (Wildman–Crippen LogP) is 3.33. The highest BCUT2D eigenvalue weighted by molar-refractivity contribution is 7.91. The number of aromatic nitrogens is 1. The van der Waals surface area contributed by atoms with E-state index in [1.54, 1.807) is 0 Å².